The summed E-state index contributed by atoms with van der Waals surface area (Å²) in [5.74, 6) is -1.25. The minimum atomic E-state index is -0.699. The molecular weight excluding hydrogens is 442 g/mol. The van der Waals surface area contributed by atoms with E-state index in [1.807, 2.05) is 19.1 Å². The van der Waals surface area contributed by atoms with Crippen LogP contribution in [0, 0.1) is 31.1 Å². The number of aryl methyl sites for hydroxylation is 1. The van der Waals surface area contributed by atoms with Gasteiger partial charge in [0.1, 0.15) is 16.6 Å². The molecule has 1 fully saturated rings. The van der Waals surface area contributed by atoms with Crippen LogP contribution in [0.15, 0.2) is 36.5 Å². The zero-order chi connectivity index (χ0) is 23.5. The van der Waals surface area contributed by atoms with Crippen molar-refractivity contribution in [3.05, 3.63) is 58.1 Å². The number of nitriles is 1. The van der Waals surface area contributed by atoms with E-state index in [0.717, 1.165) is 17.7 Å². The molecule has 2 heterocycles. The average molecular weight is 464 g/mol. The number of hydrogen-bond acceptors (Lipinski definition) is 7. The molecule has 9 nitrogen and oxygen atoms in total. The number of aromatic nitrogens is 2. The standard InChI is InChI=1S/C23H21N5O4S/c1-13-14(2)33-22(27-21(30)15-8-9-15)19(13)23(31)32-12-18(29)26-20-16(10-24)11-25-28(20)17-6-4-3-5-7-17/h3-7,11,15H,8-9,12H2,1-2H3,(H,26,29)(H,27,30). The second-order valence-electron chi connectivity index (χ2n) is 7.64. The Balaban J connectivity index is 1.45. The Kier molecular flexibility index (Phi) is 6.24. The summed E-state index contributed by atoms with van der Waals surface area (Å²) in [6.45, 7) is 3.06. The highest BCUT2D eigenvalue weighted by molar-refractivity contribution is 7.16. The van der Waals surface area contributed by atoms with Gasteiger partial charge in [-0.25, -0.2) is 9.48 Å². The van der Waals surface area contributed by atoms with Gasteiger partial charge in [0.05, 0.1) is 17.4 Å². The number of nitrogens with zero attached hydrogens (tertiary/aromatic N) is 3. The fraction of sp³-hybridized carbons (Fsp3) is 0.261. The summed E-state index contributed by atoms with van der Waals surface area (Å²) >= 11 is 1.30. The van der Waals surface area contributed by atoms with Crippen molar-refractivity contribution in [2.24, 2.45) is 5.92 Å². The minimum Gasteiger partial charge on any atom is -0.452 e. The molecule has 0 saturated heterocycles. The largest absolute Gasteiger partial charge is 0.452 e. The number of esters is 1. The lowest BCUT2D eigenvalue weighted by Gasteiger charge is -2.11. The van der Waals surface area contributed by atoms with Crippen molar-refractivity contribution >= 4 is 39.9 Å². The van der Waals surface area contributed by atoms with Gasteiger partial charge in [-0.3, -0.25) is 9.59 Å². The number of para-hydroxylation sites is 1. The molecule has 2 amide bonds. The van der Waals surface area contributed by atoms with E-state index < -0.39 is 18.5 Å². The summed E-state index contributed by atoms with van der Waals surface area (Å²) in [5, 5.41) is 19.4. The highest BCUT2D eigenvalue weighted by Crippen LogP contribution is 2.36. The Bertz CT molecular complexity index is 1270. The van der Waals surface area contributed by atoms with Gasteiger partial charge >= 0.3 is 5.97 Å². The Morgan fingerprint density at radius 3 is 2.61 bits per heavy atom. The van der Waals surface area contributed by atoms with E-state index in [1.165, 1.54) is 22.2 Å². The molecule has 2 aromatic heterocycles. The molecule has 0 unspecified atom stereocenters. The van der Waals surface area contributed by atoms with Crippen LogP contribution in [0.2, 0.25) is 0 Å². The van der Waals surface area contributed by atoms with Crippen molar-refractivity contribution in [1.29, 1.82) is 5.26 Å². The Morgan fingerprint density at radius 1 is 1.21 bits per heavy atom. The maximum atomic E-state index is 12.8. The lowest BCUT2D eigenvalue weighted by molar-refractivity contribution is -0.119. The van der Waals surface area contributed by atoms with Crippen molar-refractivity contribution in [3.8, 4) is 11.8 Å². The summed E-state index contributed by atoms with van der Waals surface area (Å²) in [4.78, 5) is 38.4. The topological polar surface area (TPSA) is 126 Å². The molecule has 2 N–H and O–H groups in total. The molecule has 1 saturated carbocycles. The van der Waals surface area contributed by atoms with Gasteiger partial charge in [-0.15, -0.1) is 11.3 Å². The molecule has 0 spiro atoms. The molecule has 33 heavy (non-hydrogen) atoms. The number of nitrogens with one attached hydrogen (secondary N) is 2. The number of thiophene rings is 1. The van der Waals surface area contributed by atoms with Crippen LogP contribution in [-0.2, 0) is 14.3 Å². The van der Waals surface area contributed by atoms with E-state index >= 15 is 0 Å². The molecule has 0 bridgehead atoms. The molecule has 168 valence electrons. The maximum Gasteiger partial charge on any atom is 0.341 e. The predicted molar refractivity (Wildman–Crippen MR) is 122 cm³/mol. The second-order valence-corrected chi connectivity index (χ2v) is 8.87. The van der Waals surface area contributed by atoms with Crippen LogP contribution in [0.4, 0.5) is 10.8 Å². The van der Waals surface area contributed by atoms with Crippen LogP contribution < -0.4 is 10.6 Å². The Hall–Kier alpha value is -3.97. The number of anilines is 2. The second kappa shape index (κ2) is 9.26. The predicted octanol–water partition coefficient (Wildman–Crippen LogP) is 3.57. The molecule has 10 heteroatoms. The van der Waals surface area contributed by atoms with Crippen LogP contribution in [0.25, 0.3) is 5.69 Å². The summed E-state index contributed by atoms with van der Waals surface area (Å²) in [6.07, 6.45) is 3.04. The van der Waals surface area contributed by atoms with E-state index in [4.69, 9.17) is 4.74 Å². The first kappa shape index (κ1) is 22.2. The smallest absolute Gasteiger partial charge is 0.341 e. The molecule has 1 aliphatic carbocycles. The van der Waals surface area contributed by atoms with E-state index in [-0.39, 0.29) is 28.8 Å². The minimum absolute atomic E-state index is 0.00819. The highest BCUT2D eigenvalue weighted by atomic mass is 32.1. The van der Waals surface area contributed by atoms with Crippen LogP contribution in [0.3, 0.4) is 0 Å². The summed E-state index contributed by atoms with van der Waals surface area (Å²) < 4.78 is 6.67. The third kappa shape index (κ3) is 4.78. The fourth-order valence-electron chi connectivity index (χ4n) is 3.21. The summed E-state index contributed by atoms with van der Waals surface area (Å²) in [7, 11) is 0. The average Bonchev–Trinajstić information content (AvgIpc) is 3.53. The van der Waals surface area contributed by atoms with Gasteiger partial charge in [-0.2, -0.15) is 10.4 Å². The molecule has 1 aromatic carbocycles. The molecule has 4 rings (SSSR count). The van der Waals surface area contributed by atoms with Crippen molar-refractivity contribution in [2.45, 2.75) is 26.7 Å². The van der Waals surface area contributed by atoms with Gasteiger partial charge in [-0.05, 0) is 44.4 Å². The van der Waals surface area contributed by atoms with Crippen LogP contribution >= 0.6 is 11.3 Å². The first-order chi connectivity index (χ1) is 15.9. The number of benzene rings is 1. The number of carbonyl (C=O) groups is 3. The lowest BCUT2D eigenvalue weighted by Crippen LogP contribution is -2.23. The van der Waals surface area contributed by atoms with Crippen molar-refractivity contribution in [2.75, 3.05) is 17.2 Å². The van der Waals surface area contributed by atoms with Crippen LogP contribution in [0.1, 0.15) is 39.2 Å². The lowest BCUT2D eigenvalue weighted by atomic mass is 10.1. The van der Waals surface area contributed by atoms with Crippen molar-refractivity contribution < 1.29 is 19.1 Å². The maximum absolute atomic E-state index is 12.8. The first-order valence-corrected chi connectivity index (χ1v) is 11.1. The summed E-state index contributed by atoms with van der Waals surface area (Å²) in [5.41, 5.74) is 1.79. The van der Waals surface area contributed by atoms with Gasteiger partial charge in [-0.1, -0.05) is 18.2 Å². The SMILES string of the molecule is Cc1sc(NC(=O)C2CC2)c(C(=O)OCC(=O)Nc2c(C#N)cnn2-c2ccccc2)c1C. The van der Waals surface area contributed by atoms with Gasteiger partial charge in [0.15, 0.2) is 12.4 Å². The Labute approximate surface area is 194 Å². The molecule has 0 radical (unpaired) electrons. The van der Waals surface area contributed by atoms with Gasteiger partial charge in [0.2, 0.25) is 5.91 Å². The van der Waals surface area contributed by atoms with E-state index in [0.29, 0.717) is 16.3 Å². The first-order valence-electron chi connectivity index (χ1n) is 10.3. The summed E-state index contributed by atoms with van der Waals surface area (Å²) in [6, 6.07) is 11.0. The van der Waals surface area contributed by atoms with Gasteiger partial charge < -0.3 is 15.4 Å². The van der Waals surface area contributed by atoms with E-state index in [9.17, 15) is 19.6 Å². The molecule has 3 aromatic rings. The number of ether oxygens (including phenoxy) is 1. The Morgan fingerprint density at radius 2 is 1.94 bits per heavy atom. The number of hydrogen-bond donors (Lipinski definition) is 2. The molecule has 0 atom stereocenters. The fourth-order valence-corrected chi connectivity index (χ4v) is 4.26. The number of rotatable bonds is 7. The van der Waals surface area contributed by atoms with E-state index in [1.54, 1.807) is 31.2 Å². The van der Waals surface area contributed by atoms with Crippen LogP contribution in [-0.4, -0.2) is 34.2 Å². The molecular formula is C23H21N5O4S. The molecule has 1 aliphatic rings. The normalized spacial score (nSPS) is 12.6. The number of amides is 2. The van der Waals surface area contributed by atoms with E-state index in [2.05, 4.69) is 15.7 Å². The van der Waals surface area contributed by atoms with Gasteiger partial charge in [0, 0.05) is 10.8 Å². The zero-order valence-corrected chi connectivity index (χ0v) is 18.9. The monoisotopic (exact) mass is 463 g/mol. The van der Waals surface area contributed by atoms with Gasteiger partial charge in [0.25, 0.3) is 5.91 Å². The van der Waals surface area contributed by atoms with Crippen molar-refractivity contribution in [3.63, 3.8) is 0 Å². The highest BCUT2D eigenvalue weighted by Gasteiger charge is 2.32. The number of carbonyl (C=O) groups excluding carboxylic acids is 3. The molecule has 0 aliphatic heterocycles. The third-order valence-corrected chi connectivity index (χ3v) is 6.38. The van der Waals surface area contributed by atoms with Crippen molar-refractivity contribution in [1.82, 2.24) is 9.78 Å². The quantitative estimate of drug-likeness (QED) is 0.516. The zero-order valence-electron chi connectivity index (χ0n) is 18.0. The van der Waals surface area contributed by atoms with Crippen LogP contribution in [0.5, 0.6) is 0 Å². The third-order valence-electron chi connectivity index (χ3n) is 5.26.